The number of para-hydroxylation sites is 2. The van der Waals surface area contributed by atoms with E-state index in [2.05, 4.69) is 30.5 Å². The SMILES string of the molecule is COc1ccccc1-c1nnc(S[C@H](C)c2nc(N)nc(Nc3ccccc3)n2)o1. The van der Waals surface area contributed by atoms with E-state index in [-0.39, 0.29) is 11.2 Å². The van der Waals surface area contributed by atoms with Crippen molar-refractivity contribution in [1.82, 2.24) is 25.1 Å². The second-order valence-electron chi connectivity index (χ2n) is 6.20. The number of nitrogens with two attached hydrogens (primary N) is 1. The first-order valence-corrected chi connectivity index (χ1v) is 9.97. The number of anilines is 3. The van der Waals surface area contributed by atoms with Crippen LogP contribution in [0.3, 0.4) is 0 Å². The smallest absolute Gasteiger partial charge is 0.277 e. The van der Waals surface area contributed by atoms with Gasteiger partial charge in [-0.3, -0.25) is 0 Å². The number of hydrogen-bond acceptors (Lipinski definition) is 10. The maximum absolute atomic E-state index is 5.88. The zero-order chi connectivity index (χ0) is 20.9. The molecule has 0 amide bonds. The normalized spacial score (nSPS) is 11.8. The number of thioether (sulfide) groups is 1. The van der Waals surface area contributed by atoms with Crippen LogP contribution < -0.4 is 15.8 Å². The second-order valence-corrected chi connectivity index (χ2v) is 7.49. The summed E-state index contributed by atoms with van der Waals surface area (Å²) in [6.07, 6.45) is 0. The van der Waals surface area contributed by atoms with E-state index in [4.69, 9.17) is 14.9 Å². The molecule has 0 aliphatic heterocycles. The second kappa shape index (κ2) is 8.78. The molecular formula is C20H19N7O2S. The predicted molar refractivity (Wildman–Crippen MR) is 115 cm³/mol. The number of benzene rings is 2. The number of nitrogen functional groups attached to an aromatic ring is 1. The Hall–Kier alpha value is -3.66. The van der Waals surface area contributed by atoms with Gasteiger partial charge in [-0.25, -0.2) is 0 Å². The van der Waals surface area contributed by atoms with Crippen molar-refractivity contribution in [2.24, 2.45) is 0 Å². The molecule has 2 heterocycles. The van der Waals surface area contributed by atoms with E-state index in [1.807, 2.05) is 61.5 Å². The lowest BCUT2D eigenvalue weighted by atomic mass is 10.2. The summed E-state index contributed by atoms with van der Waals surface area (Å²) in [5.74, 6) is 2.04. The van der Waals surface area contributed by atoms with Gasteiger partial charge in [0, 0.05) is 5.69 Å². The summed E-state index contributed by atoms with van der Waals surface area (Å²) in [7, 11) is 1.60. The Morgan fingerprint density at radius 2 is 1.77 bits per heavy atom. The van der Waals surface area contributed by atoms with Crippen LogP contribution in [-0.2, 0) is 0 Å². The number of nitrogens with one attached hydrogen (secondary N) is 1. The van der Waals surface area contributed by atoms with E-state index in [1.165, 1.54) is 11.8 Å². The number of aromatic nitrogens is 5. The monoisotopic (exact) mass is 421 g/mol. The highest BCUT2D eigenvalue weighted by atomic mass is 32.2. The van der Waals surface area contributed by atoms with Crippen LogP contribution in [0.25, 0.3) is 11.5 Å². The number of methoxy groups -OCH3 is 1. The maximum atomic E-state index is 5.88. The van der Waals surface area contributed by atoms with E-state index in [0.29, 0.717) is 28.6 Å². The largest absolute Gasteiger partial charge is 0.496 e. The first kappa shape index (κ1) is 19.6. The van der Waals surface area contributed by atoms with Gasteiger partial charge in [0.1, 0.15) is 11.6 Å². The van der Waals surface area contributed by atoms with Gasteiger partial charge in [-0.2, -0.15) is 15.0 Å². The first-order valence-electron chi connectivity index (χ1n) is 9.09. The van der Waals surface area contributed by atoms with Crippen LogP contribution in [0.1, 0.15) is 18.0 Å². The molecule has 0 unspecified atom stereocenters. The highest BCUT2D eigenvalue weighted by Gasteiger charge is 2.19. The standard InChI is InChI=1S/C20H19N7O2S/c1-12(16-23-18(21)25-19(24-16)22-13-8-4-3-5-9-13)30-20-27-26-17(29-20)14-10-6-7-11-15(14)28-2/h3-12H,1-2H3,(H3,21,22,23,24,25)/t12-/m1/s1. The highest BCUT2D eigenvalue weighted by molar-refractivity contribution is 7.99. The quantitative estimate of drug-likeness (QED) is 0.421. The molecule has 0 spiro atoms. The van der Waals surface area contributed by atoms with Gasteiger partial charge in [0.25, 0.3) is 11.1 Å². The molecule has 152 valence electrons. The summed E-state index contributed by atoms with van der Waals surface area (Å²) in [5.41, 5.74) is 7.46. The molecule has 2 aromatic carbocycles. The molecule has 0 bridgehead atoms. The Bertz CT molecular complexity index is 1140. The summed E-state index contributed by atoms with van der Waals surface area (Å²) in [5, 5.41) is 11.6. The third-order valence-electron chi connectivity index (χ3n) is 4.08. The van der Waals surface area contributed by atoms with E-state index >= 15 is 0 Å². The average molecular weight is 421 g/mol. The molecule has 3 N–H and O–H groups in total. The number of nitrogens with zero attached hydrogens (tertiary/aromatic N) is 5. The van der Waals surface area contributed by atoms with Gasteiger partial charge in [-0.15, -0.1) is 10.2 Å². The van der Waals surface area contributed by atoms with E-state index in [0.717, 1.165) is 11.3 Å². The maximum Gasteiger partial charge on any atom is 0.277 e. The van der Waals surface area contributed by atoms with Crippen molar-refractivity contribution in [3.63, 3.8) is 0 Å². The van der Waals surface area contributed by atoms with Crippen molar-refractivity contribution in [2.45, 2.75) is 17.4 Å². The number of hydrogen-bond donors (Lipinski definition) is 2. The fraction of sp³-hybridized carbons (Fsp3) is 0.150. The van der Waals surface area contributed by atoms with Crippen LogP contribution in [0.2, 0.25) is 0 Å². The van der Waals surface area contributed by atoms with Gasteiger partial charge in [0.15, 0.2) is 0 Å². The van der Waals surface area contributed by atoms with Crippen molar-refractivity contribution in [1.29, 1.82) is 0 Å². The lowest BCUT2D eigenvalue weighted by molar-refractivity contribution is 0.411. The molecule has 1 atom stereocenters. The number of rotatable bonds is 7. The van der Waals surface area contributed by atoms with Crippen molar-refractivity contribution < 1.29 is 9.15 Å². The molecule has 10 heteroatoms. The Labute approximate surface area is 177 Å². The fourth-order valence-corrected chi connectivity index (χ4v) is 3.42. The van der Waals surface area contributed by atoms with Crippen LogP contribution in [0.4, 0.5) is 17.6 Å². The molecule has 0 aliphatic rings. The zero-order valence-electron chi connectivity index (χ0n) is 16.3. The topological polar surface area (TPSA) is 125 Å². The molecule has 0 radical (unpaired) electrons. The average Bonchev–Trinajstić information content (AvgIpc) is 3.22. The van der Waals surface area contributed by atoms with Gasteiger partial charge >= 0.3 is 0 Å². The molecule has 2 aromatic heterocycles. The summed E-state index contributed by atoms with van der Waals surface area (Å²) < 4.78 is 11.2. The molecule has 30 heavy (non-hydrogen) atoms. The van der Waals surface area contributed by atoms with Gasteiger partial charge in [0.2, 0.25) is 11.9 Å². The highest BCUT2D eigenvalue weighted by Crippen LogP contribution is 2.36. The molecule has 0 fully saturated rings. The third kappa shape index (κ3) is 4.49. The Morgan fingerprint density at radius 3 is 2.57 bits per heavy atom. The van der Waals surface area contributed by atoms with Gasteiger partial charge in [-0.05, 0) is 31.2 Å². The predicted octanol–water partition coefficient (Wildman–Crippen LogP) is 4.11. The summed E-state index contributed by atoms with van der Waals surface area (Å²) >= 11 is 1.33. The lowest BCUT2D eigenvalue weighted by Gasteiger charge is -2.10. The van der Waals surface area contributed by atoms with E-state index in [9.17, 15) is 0 Å². The Kier molecular flexibility index (Phi) is 5.75. The third-order valence-corrected chi connectivity index (χ3v) is 5.02. The Balaban J connectivity index is 1.52. The molecular weight excluding hydrogens is 402 g/mol. The minimum Gasteiger partial charge on any atom is -0.496 e. The summed E-state index contributed by atoms with van der Waals surface area (Å²) in [6, 6.07) is 17.0. The van der Waals surface area contributed by atoms with Crippen molar-refractivity contribution in [3.05, 3.63) is 60.4 Å². The van der Waals surface area contributed by atoms with Crippen LogP contribution in [0.15, 0.2) is 64.2 Å². The molecule has 0 aliphatic carbocycles. The van der Waals surface area contributed by atoms with E-state index < -0.39 is 0 Å². The van der Waals surface area contributed by atoms with Crippen LogP contribution in [-0.4, -0.2) is 32.3 Å². The van der Waals surface area contributed by atoms with Crippen LogP contribution in [0, 0.1) is 0 Å². The van der Waals surface area contributed by atoms with Gasteiger partial charge < -0.3 is 20.2 Å². The minimum absolute atomic E-state index is 0.131. The first-order chi connectivity index (χ1) is 14.6. The molecule has 9 nitrogen and oxygen atoms in total. The minimum atomic E-state index is -0.197. The number of ether oxygens (including phenoxy) is 1. The van der Waals surface area contributed by atoms with Crippen LogP contribution >= 0.6 is 11.8 Å². The van der Waals surface area contributed by atoms with Gasteiger partial charge in [-0.1, -0.05) is 42.1 Å². The van der Waals surface area contributed by atoms with Crippen LogP contribution in [0.5, 0.6) is 5.75 Å². The molecule has 4 aromatic rings. The zero-order valence-corrected chi connectivity index (χ0v) is 17.1. The summed E-state index contributed by atoms with van der Waals surface area (Å²) in [4.78, 5) is 12.9. The van der Waals surface area contributed by atoms with Crippen molar-refractivity contribution >= 4 is 29.3 Å². The van der Waals surface area contributed by atoms with E-state index in [1.54, 1.807) is 7.11 Å². The Morgan fingerprint density at radius 1 is 1.00 bits per heavy atom. The summed E-state index contributed by atoms with van der Waals surface area (Å²) in [6.45, 7) is 1.93. The molecule has 4 rings (SSSR count). The van der Waals surface area contributed by atoms with Crippen molar-refractivity contribution in [2.75, 3.05) is 18.2 Å². The fourth-order valence-electron chi connectivity index (χ4n) is 2.69. The van der Waals surface area contributed by atoms with Crippen molar-refractivity contribution in [3.8, 4) is 17.2 Å². The molecule has 0 saturated carbocycles. The van der Waals surface area contributed by atoms with Gasteiger partial charge in [0.05, 0.1) is 17.9 Å². The molecule has 0 saturated heterocycles. The lowest BCUT2D eigenvalue weighted by Crippen LogP contribution is -2.08.